The van der Waals surface area contributed by atoms with Crippen molar-refractivity contribution in [3.8, 4) is 11.5 Å². The number of carboxylic acids is 1. The molecule has 30 heteroatoms. The number of aryl methyl sites for hydroxylation is 1. The maximum Gasteiger partial charge on any atom is 0.415 e. The van der Waals surface area contributed by atoms with E-state index in [0.29, 0.717) is 38.8 Å². The van der Waals surface area contributed by atoms with Gasteiger partial charge in [0.05, 0.1) is 37.2 Å². The normalized spacial score (nSPS) is 13.9. The molecule has 0 saturated heterocycles. The molecule has 8 rings (SSSR count). The van der Waals surface area contributed by atoms with E-state index in [-0.39, 0.29) is 126 Å². The number of pyridine rings is 1. The lowest BCUT2D eigenvalue weighted by Gasteiger charge is -2.26. The lowest BCUT2D eigenvalue weighted by atomic mass is 9.92. The van der Waals surface area contributed by atoms with E-state index in [1.807, 2.05) is 13.0 Å². The van der Waals surface area contributed by atoms with Gasteiger partial charge in [-0.15, -0.1) is 11.6 Å². The molecule has 0 bridgehead atoms. The molecule has 2 aromatic heterocycles. The third-order valence-corrected chi connectivity index (χ3v) is 15.9. The highest BCUT2D eigenvalue weighted by molar-refractivity contribution is 6.20. The number of nitrogens with two attached hydrogens (primary N) is 1. The predicted octanol–water partition coefficient (Wildman–Crippen LogP) is 6.46. The molecule has 29 nitrogen and oxygen atoms in total. The van der Waals surface area contributed by atoms with E-state index in [4.69, 9.17) is 36.3 Å². The van der Waals surface area contributed by atoms with E-state index in [0.717, 1.165) is 33.6 Å². The molecule has 0 spiro atoms. The van der Waals surface area contributed by atoms with Crippen LogP contribution in [0.1, 0.15) is 83.0 Å². The number of aromatic amines is 1. The Labute approximate surface area is 549 Å². The van der Waals surface area contributed by atoms with Gasteiger partial charge in [-0.1, -0.05) is 44.2 Å². The second-order valence-electron chi connectivity index (χ2n) is 22.7. The number of nitrogens with zero attached hydrogens (tertiary/aromatic N) is 5. The van der Waals surface area contributed by atoms with Gasteiger partial charge in [0.25, 0.3) is 23.6 Å². The number of hydrogen-bond donors (Lipinski definition) is 9. The highest BCUT2D eigenvalue weighted by atomic mass is 35.5. The third-order valence-electron chi connectivity index (χ3n) is 15.5. The van der Waals surface area contributed by atoms with Crippen LogP contribution in [0.25, 0.3) is 21.7 Å². The van der Waals surface area contributed by atoms with Gasteiger partial charge in [0.15, 0.2) is 0 Å². The molecule has 502 valence electrons. The van der Waals surface area contributed by atoms with Gasteiger partial charge in [-0.2, -0.15) is 0 Å². The fourth-order valence-corrected chi connectivity index (χ4v) is 10.8. The monoisotopic (exact) mass is 1330 g/mol. The Hall–Kier alpha value is -10.8. The first kappa shape index (κ1) is 70.1. The van der Waals surface area contributed by atoms with Crippen LogP contribution in [0.15, 0.2) is 103 Å². The molecule has 4 aromatic carbocycles. The number of rotatable bonds is 30. The lowest BCUT2D eigenvalue weighted by molar-refractivity contribution is -0.138. The number of aromatic nitrogens is 2. The van der Waals surface area contributed by atoms with Crippen LogP contribution >= 0.6 is 11.6 Å². The average Bonchev–Trinajstić information content (AvgIpc) is 1.63. The topological polar surface area (TPSA) is 393 Å². The first-order valence-electron chi connectivity index (χ1n) is 30.4. The molecule has 6 aromatic rings. The number of carbonyl (C=O) groups is 11. The smallest absolute Gasteiger partial charge is 0.415 e. The number of imide groups is 1. The maximum absolute atomic E-state index is 14.6. The Morgan fingerprint density at radius 1 is 0.842 bits per heavy atom. The number of aromatic hydroxyl groups is 1. The zero-order valence-electron chi connectivity index (χ0n) is 52.4. The summed E-state index contributed by atoms with van der Waals surface area (Å²) in [5.41, 5.74) is 9.07. The van der Waals surface area contributed by atoms with Crippen LogP contribution in [0.2, 0.25) is 0 Å². The SMILES string of the molecule is Cc1cccc2c(OC(=O)N(CCCC(=O)O)CCN(C)C(=O)OCc3ccc(NC(=O)[C@H](CCCNC(N)=O)NC(=O)[C@@H](NC(=O)OCCOCCN4C(=O)C=CC4=O)C(C)C)cc3)cc3c(c12)[C@H](CCl)CN3C(=O)c1cc2cc(NC(=O)c3ccc(O)cc3)ncc2[nH]1. The van der Waals surface area contributed by atoms with Gasteiger partial charge in [-0.3, -0.25) is 38.5 Å². The number of fused-ring (bicyclic) bond motifs is 4. The van der Waals surface area contributed by atoms with Gasteiger partial charge in [0.1, 0.15) is 48.3 Å². The van der Waals surface area contributed by atoms with E-state index >= 15 is 0 Å². The summed E-state index contributed by atoms with van der Waals surface area (Å²) in [6, 6.07) is 19.2. The summed E-state index contributed by atoms with van der Waals surface area (Å²) in [7, 11) is 1.45. The number of phenolic OH excluding ortho intramolecular Hbond substituents is 1. The van der Waals surface area contributed by atoms with E-state index in [1.165, 1.54) is 47.3 Å². The molecule has 0 radical (unpaired) electrons. The Bertz CT molecular complexity index is 3880. The number of phenols is 1. The van der Waals surface area contributed by atoms with Crippen molar-refractivity contribution in [1.82, 2.24) is 40.6 Å². The molecule has 2 aliphatic heterocycles. The zero-order chi connectivity index (χ0) is 68.5. The molecule has 2 aliphatic rings. The first-order valence-corrected chi connectivity index (χ1v) is 30.9. The highest BCUT2D eigenvalue weighted by Crippen LogP contribution is 2.47. The van der Waals surface area contributed by atoms with E-state index < -0.39 is 83.7 Å². The van der Waals surface area contributed by atoms with Crippen LogP contribution in [0.3, 0.4) is 0 Å². The van der Waals surface area contributed by atoms with E-state index in [2.05, 4.69) is 36.6 Å². The number of aliphatic carboxylic acids is 1. The number of hydrogen-bond acceptors (Lipinski definition) is 17. The molecular formula is C65H73ClN12O17. The summed E-state index contributed by atoms with van der Waals surface area (Å²) in [5.74, 6) is -4.57. The quantitative estimate of drug-likeness (QED) is 0.0133. The van der Waals surface area contributed by atoms with Crippen LogP contribution in [0.5, 0.6) is 11.5 Å². The molecule has 95 heavy (non-hydrogen) atoms. The Balaban J connectivity index is 0.869. The first-order chi connectivity index (χ1) is 45.5. The summed E-state index contributed by atoms with van der Waals surface area (Å²) in [5, 5.41) is 34.1. The van der Waals surface area contributed by atoms with Gasteiger partial charge in [0.2, 0.25) is 11.8 Å². The van der Waals surface area contributed by atoms with Crippen LogP contribution in [0, 0.1) is 12.8 Å². The zero-order valence-corrected chi connectivity index (χ0v) is 53.2. The Kier molecular flexibility index (Phi) is 24.1. The molecule has 0 unspecified atom stereocenters. The Morgan fingerprint density at radius 2 is 1.58 bits per heavy atom. The van der Waals surface area contributed by atoms with Crippen molar-refractivity contribution in [3.63, 3.8) is 0 Å². The summed E-state index contributed by atoms with van der Waals surface area (Å²) >= 11 is 6.64. The minimum absolute atomic E-state index is 0.00360. The van der Waals surface area contributed by atoms with Crippen molar-refractivity contribution >= 4 is 116 Å². The van der Waals surface area contributed by atoms with Crippen LogP contribution in [-0.2, 0) is 44.8 Å². The van der Waals surface area contributed by atoms with Crippen molar-refractivity contribution in [3.05, 3.63) is 131 Å². The Morgan fingerprint density at radius 3 is 2.27 bits per heavy atom. The number of H-pyrrole nitrogens is 1. The number of carbonyl (C=O) groups excluding carboxylic acids is 10. The number of ether oxygens (including phenoxy) is 4. The number of alkyl carbamates (subject to hydrolysis) is 1. The number of anilines is 3. The van der Waals surface area contributed by atoms with Crippen molar-refractivity contribution in [2.45, 2.75) is 71.1 Å². The predicted molar refractivity (Wildman–Crippen MR) is 347 cm³/mol. The molecule has 0 saturated carbocycles. The molecule has 0 aliphatic carbocycles. The average molecular weight is 1330 g/mol. The number of halogens is 1. The largest absolute Gasteiger partial charge is 0.508 e. The van der Waals surface area contributed by atoms with Crippen molar-refractivity contribution in [1.29, 1.82) is 0 Å². The van der Waals surface area contributed by atoms with Gasteiger partial charge >= 0.3 is 30.3 Å². The van der Waals surface area contributed by atoms with E-state index in [1.54, 1.807) is 73.3 Å². The number of amides is 11. The standard InChI is InChI=1S/C65H73ClN12O17/c1-37(2)57(74-63(89)93-29-28-92-27-26-77-52(80)20-21-53(77)81)60(86)72-46(10-6-22-68-62(67)88)59(85)70-43-16-12-39(13-17-43)36-94-64(90)75(4)24-25-76(23-7-11-54(82)83)65(91)95-50-32-49-56(55-38(3)8-5-9-45(50)55)42(33-66)35-78(49)61(87)47-30-41-31-51(69-34-48(41)71-47)73-58(84)40-14-18-44(79)19-15-40/h5,8-9,12-21,30-32,34,37,42,46,57,71,79H,6-7,10-11,22-29,33,35-36H2,1-4H3,(H,70,85)(H,72,86)(H,74,89)(H,82,83)(H3,67,68,88)(H,69,73,84)/t42-,46+,57+/m1/s1. The lowest BCUT2D eigenvalue weighted by Crippen LogP contribution is -2.54. The fourth-order valence-electron chi connectivity index (χ4n) is 10.5. The third kappa shape index (κ3) is 18.7. The number of benzene rings is 4. The molecule has 11 amide bonds. The molecular weight excluding hydrogens is 1260 g/mol. The van der Waals surface area contributed by atoms with Gasteiger partial charge in [-0.25, -0.2) is 24.2 Å². The number of urea groups is 1. The van der Waals surface area contributed by atoms with Crippen molar-refractivity contribution in [2.75, 3.05) is 87.6 Å². The second kappa shape index (κ2) is 32.7. The fraction of sp³-hybridized carbons (Fsp3) is 0.354. The minimum atomic E-state index is -1.17. The molecule has 4 heterocycles. The summed E-state index contributed by atoms with van der Waals surface area (Å²) in [4.78, 5) is 154. The van der Waals surface area contributed by atoms with Gasteiger partial charge in [0, 0.05) is 98.2 Å². The molecule has 10 N–H and O–H groups in total. The summed E-state index contributed by atoms with van der Waals surface area (Å²) in [6.07, 6.45) is 1.22. The maximum atomic E-state index is 14.6. The van der Waals surface area contributed by atoms with Crippen molar-refractivity contribution < 1.29 is 81.9 Å². The number of alkyl halides is 1. The number of carboxylic acid groups (broad SMARTS) is 1. The molecule has 0 fully saturated rings. The van der Waals surface area contributed by atoms with Crippen LogP contribution in [0.4, 0.5) is 36.4 Å². The number of likely N-dealkylation sites (N-methyl/N-ethyl adjacent to an activating group) is 1. The molecule has 3 atom stereocenters. The number of nitrogens with one attached hydrogen (secondary N) is 6. The van der Waals surface area contributed by atoms with Gasteiger partial charge in [-0.05, 0) is 103 Å². The van der Waals surface area contributed by atoms with Crippen LogP contribution < -0.4 is 42.0 Å². The second-order valence-corrected chi connectivity index (χ2v) is 23.0. The van der Waals surface area contributed by atoms with E-state index in [9.17, 15) is 63.0 Å². The van der Waals surface area contributed by atoms with Crippen LogP contribution in [-0.4, -0.2) is 185 Å². The summed E-state index contributed by atoms with van der Waals surface area (Å²) in [6.45, 7) is 4.72. The van der Waals surface area contributed by atoms with Gasteiger partial charge < -0.3 is 81.2 Å². The van der Waals surface area contributed by atoms with Crippen molar-refractivity contribution in [2.24, 2.45) is 11.7 Å². The minimum Gasteiger partial charge on any atom is -0.508 e. The number of primary amides is 1. The highest BCUT2D eigenvalue weighted by Gasteiger charge is 2.37. The summed E-state index contributed by atoms with van der Waals surface area (Å²) < 4.78 is 22.3.